The van der Waals surface area contributed by atoms with Crippen molar-refractivity contribution in [3.8, 4) is 0 Å². The van der Waals surface area contributed by atoms with Crippen molar-refractivity contribution in [2.24, 2.45) is 0 Å². The number of nitrogen functional groups attached to an aromatic ring is 1. The lowest BCUT2D eigenvalue weighted by Gasteiger charge is -2.23. The Morgan fingerprint density at radius 1 is 1.12 bits per heavy atom. The van der Waals surface area contributed by atoms with Gasteiger partial charge >= 0.3 is 0 Å². The Morgan fingerprint density at radius 3 is 2.38 bits per heavy atom. The van der Waals surface area contributed by atoms with Crippen LogP contribution in [0.1, 0.15) is 68.9 Å². The summed E-state index contributed by atoms with van der Waals surface area (Å²) in [6, 6.07) is 6.73. The molecule has 0 amide bonds. The Morgan fingerprint density at radius 2 is 1.81 bits per heavy atom. The molecule has 1 heteroatoms. The minimum Gasteiger partial charge on any atom is -0.398 e. The summed E-state index contributed by atoms with van der Waals surface area (Å²) in [5, 5.41) is 0. The van der Waals surface area contributed by atoms with Crippen LogP contribution in [0, 0.1) is 0 Å². The van der Waals surface area contributed by atoms with E-state index in [0.29, 0.717) is 5.92 Å². The fourth-order valence-electron chi connectivity index (χ4n) is 2.81. The predicted octanol–water partition coefficient (Wildman–Crippen LogP) is 4.44. The largest absolute Gasteiger partial charge is 0.398 e. The van der Waals surface area contributed by atoms with Gasteiger partial charge in [-0.3, -0.25) is 0 Å². The highest BCUT2D eigenvalue weighted by atomic mass is 14.6. The molecule has 2 rings (SSSR count). The molecule has 1 aromatic carbocycles. The predicted molar refractivity (Wildman–Crippen MR) is 70.8 cm³/mol. The third kappa shape index (κ3) is 2.40. The monoisotopic (exact) mass is 217 g/mol. The van der Waals surface area contributed by atoms with Gasteiger partial charge in [0.1, 0.15) is 0 Å². The lowest BCUT2D eigenvalue weighted by molar-refractivity contribution is 0.443. The van der Waals surface area contributed by atoms with Gasteiger partial charge in [-0.2, -0.15) is 0 Å². The lowest BCUT2D eigenvalue weighted by atomic mass is 9.83. The molecule has 1 aliphatic rings. The van der Waals surface area contributed by atoms with Crippen LogP contribution >= 0.6 is 0 Å². The molecule has 2 N–H and O–H groups in total. The zero-order valence-corrected chi connectivity index (χ0v) is 10.5. The van der Waals surface area contributed by atoms with Gasteiger partial charge in [-0.15, -0.1) is 0 Å². The Balaban J connectivity index is 2.19. The molecule has 1 fully saturated rings. The first-order valence-corrected chi connectivity index (χ1v) is 6.58. The molecular formula is C15H23N. The minimum absolute atomic E-state index is 0.528. The van der Waals surface area contributed by atoms with Crippen molar-refractivity contribution < 1.29 is 0 Å². The van der Waals surface area contributed by atoms with Gasteiger partial charge in [0.15, 0.2) is 0 Å². The first-order valence-electron chi connectivity index (χ1n) is 6.58. The van der Waals surface area contributed by atoms with Crippen LogP contribution in [0.4, 0.5) is 5.69 Å². The van der Waals surface area contributed by atoms with Crippen LogP contribution in [0.25, 0.3) is 0 Å². The zero-order valence-electron chi connectivity index (χ0n) is 10.5. The van der Waals surface area contributed by atoms with Crippen molar-refractivity contribution in [2.45, 2.75) is 57.8 Å². The van der Waals surface area contributed by atoms with E-state index in [9.17, 15) is 0 Å². The van der Waals surface area contributed by atoms with Crippen LogP contribution < -0.4 is 5.73 Å². The van der Waals surface area contributed by atoms with Crippen molar-refractivity contribution in [1.82, 2.24) is 0 Å². The van der Waals surface area contributed by atoms with Gasteiger partial charge < -0.3 is 5.73 Å². The maximum absolute atomic E-state index is 6.13. The molecular weight excluding hydrogens is 194 g/mol. The summed E-state index contributed by atoms with van der Waals surface area (Å²) in [6.45, 7) is 4.40. The van der Waals surface area contributed by atoms with Gasteiger partial charge in [-0.05, 0) is 41.9 Å². The van der Waals surface area contributed by atoms with Crippen molar-refractivity contribution in [3.05, 3.63) is 29.3 Å². The van der Waals surface area contributed by atoms with E-state index in [1.807, 2.05) is 0 Å². The molecule has 0 unspecified atom stereocenters. The summed E-state index contributed by atoms with van der Waals surface area (Å²) in [5.74, 6) is 1.29. The van der Waals surface area contributed by atoms with E-state index < -0.39 is 0 Å². The molecule has 16 heavy (non-hydrogen) atoms. The van der Waals surface area contributed by atoms with Crippen molar-refractivity contribution >= 4 is 5.69 Å². The van der Waals surface area contributed by atoms with Crippen LogP contribution in [-0.2, 0) is 0 Å². The number of hydrogen-bond donors (Lipinski definition) is 1. The summed E-state index contributed by atoms with van der Waals surface area (Å²) >= 11 is 0. The number of anilines is 1. The zero-order chi connectivity index (χ0) is 11.5. The Hall–Kier alpha value is -0.980. The third-order valence-corrected chi connectivity index (χ3v) is 3.81. The van der Waals surface area contributed by atoms with Crippen LogP contribution in [0.2, 0.25) is 0 Å². The van der Waals surface area contributed by atoms with Gasteiger partial charge in [0.05, 0.1) is 0 Å². The van der Waals surface area contributed by atoms with Crippen molar-refractivity contribution in [2.75, 3.05) is 5.73 Å². The summed E-state index contributed by atoms with van der Waals surface area (Å²) in [6.07, 6.45) is 6.88. The van der Waals surface area contributed by atoms with E-state index in [1.165, 1.54) is 43.2 Å². The van der Waals surface area contributed by atoms with Gasteiger partial charge in [0.25, 0.3) is 0 Å². The molecule has 0 heterocycles. The molecule has 0 saturated heterocycles. The second-order valence-corrected chi connectivity index (χ2v) is 5.38. The number of rotatable bonds is 2. The highest BCUT2D eigenvalue weighted by Crippen LogP contribution is 2.34. The van der Waals surface area contributed by atoms with Crippen molar-refractivity contribution in [3.63, 3.8) is 0 Å². The van der Waals surface area contributed by atoms with E-state index in [-0.39, 0.29) is 0 Å². The van der Waals surface area contributed by atoms with E-state index in [2.05, 4.69) is 32.0 Å². The van der Waals surface area contributed by atoms with Gasteiger partial charge in [0, 0.05) is 5.69 Å². The Kier molecular flexibility index (Phi) is 3.52. The summed E-state index contributed by atoms with van der Waals surface area (Å²) in [5.41, 5.74) is 9.86. The fourth-order valence-corrected chi connectivity index (χ4v) is 2.81. The molecule has 1 aromatic rings. The van der Waals surface area contributed by atoms with E-state index in [1.54, 1.807) is 0 Å². The average Bonchev–Trinajstić information content (AvgIpc) is 2.29. The maximum Gasteiger partial charge on any atom is 0.0352 e. The Bertz CT molecular complexity index is 348. The van der Waals surface area contributed by atoms with Crippen LogP contribution in [0.15, 0.2) is 18.2 Å². The molecule has 0 aliphatic heterocycles. The third-order valence-electron chi connectivity index (χ3n) is 3.81. The summed E-state index contributed by atoms with van der Waals surface area (Å²) in [7, 11) is 0. The SMILES string of the molecule is CC(C)c1ccc(C2CCCCC2)cc1N. The second-order valence-electron chi connectivity index (χ2n) is 5.38. The molecule has 0 aromatic heterocycles. The Labute approximate surface area is 99.0 Å². The van der Waals surface area contributed by atoms with Gasteiger partial charge in [-0.25, -0.2) is 0 Å². The number of benzene rings is 1. The molecule has 0 radical (unpaired) electrons. The van der Waals surface area contributed by atoms with Crippen LogP contribution in [-0.4, -0.2) is 0 Å². The molecule has 0 bridgehead atoms. The fraction of sp³-hybridized carbons (Fsp3) is 0.600. The molecule has 88 valence electrons. The normalized spacial score (nSPS) is 17.9. The lowest BCUT2D eigenvalue weighted by Crippen LogP contribution is -2.06. The molecule has 1 saturated carbocycles. The quantitative estimate of drug-likeness (QED) is 0.728. The van der Waals surface area contributed by atoms with E-state index >= 15 is 0 Å². The van der Waals surface area contributed by atoms with E-state index in [4.69, 9.17) is 5.73 Å². The highest BCUT2D eigenvalue weighted by molar-refractivity contribution is 5.51. The highest BCUT2D eigenvalue weighted by Gasteiger charge is 2.16. The first-order chi connectivity index (χ1) is 7.68. The minimum atomic E-state index is 0.528. The van der Waals surface area contributed by atoms with Crippen molar-refractivity contribution in [1.29, 1.82) is 0 Å². The molecule has 0 spiro atoms. The summed E-state index contributed by atoms with van der Waals surface area (Å²) in [4.78, 5) is 0. The summed E-state index contributed by atoms with van der Waals surface area (Å²) < 4.78 is 0. The van der Waals surface area contributed by atoms with Gasteiger partial charge in [-0.1, -0.05) is 45.2 Å². The van der Waals surface area contributed by atoms with E-state index in [0.717, 1.165) is 11.6 Å². The molecule has 1 aliphatic carbocycles. The smallest absolute Gasteiger partial charge is 0.0352 e. The van der Waals surface area contributed by atoms with Crippen LogP contribution in [0.3, 0.4) is 0 Å². The molecule has 0 atom stereocenters. The number of hydrogen-bond acceptors (Lipinski definition) is 1. The van der Waals surface area contributed by atoms with Crippen LogP contribution in [0.5, 0.6) is 0 Å². The topological polar surface area (TPSA) is 26.0 Å². The maximum atomic E-state index is 6.13. The number of nitrogens with two attached hydrogens (primary N) is 1. The average molecular weight is 217 g/mol. The first kappa shape index (κ1) is 11.5. The van der Waals surface area contributed by atoms with Gasteiger partial charge in [0.2, 0.25) is 0 Å². The molecule has 1 nitrogen and oxygen atoms in total. The standard InChI is InChI=1S/C15H23N/c1-11(2)14-9-8-13(10-15(14)16)12-6-4-3-5-7-12/h8-12H,3-7,16H2,1-2H3. The second kappa shape index (κ2) is 4.90.